The van der Waals surface area contributed by atoms with E-state index in [1.165, 1.54) is 4.90 Å². The van der Waals surface area contributed by atoms with E-state index in [1.54, 1.807) is 11.3 Å². The van der Waals surface area contributed by atoms with Crippen LogP contribution in [0.25, 0.3) is 10.4 Å². The SMILES string of the molecule is Cc1ncsc1-c1ccc(C(C)NC(=O)[C@@H]2C[C@@H](O)CN2C(=O)C(NC(=O)CCCCCCC=O)C(C)(C)C)cc1. The van der Waals surface area contributed by atoms with Crippen LogP contribution in [-0.2, 0) is 19.2 Å². The number of amides is 3. The fourth-order valence-electron chi connectivity index (χ4n) is 5.12. The fraction of sp³-hybridized carbons (Fsp3) is 0.581. The molecule has 3 rings (SSSR count). The van der Waals surface area contributed by atoms with E-state index in [1.807, 2.05) is 64.4 Å². The zero-order valence-electron chi connectivity index (χ0n) is 24.8. The van der Waals surface area contributed by atoms with Crippen molar-refractivity contribution in [3.05, 3.63) is 41.0 Å². The normalized spacial score (nSPS) is 18.5. The molecule has 2 heterocycles. The van der Waals surface area contributed by atoms with E-state index in [4.69, 9.17) is 0 Å². The minimum atomic E-state index is -0.842. The van der Waals surface area contributed by atoms with E-state index in [0.29, 0.717) is 12.8 Å². The number of hydrogen-bond donors (Lipinski definition) is 3. The number of aliphatic hydroxyl groups is 1. The van der Waals surface area contributed by atoms with Gasteiger partial charge in [0, 0.05) is 25.8 Å². The molecule has 1 saturated heterocycles. The molecule has 0 saturated carbocycles. The number of thiazole rings is 1. The van der Waals surface area contributed by atoms with Crippen LogP contribution in [0.15, 0.2) is 29.8 Å². The van der Waals surface area contributed by atoms with Gasteiger partial charge >= 0.3 is 0 Å². The first-order valence-electron chi connectivity index (χ1n) is 14.4. The average Bonchev–Trinajstić information content (AvgIpc) is 3.53. The predicted molar refractivity (Wildman–Crippen MR) is 160 cm³/mol. The molecule has 3 amide bonds. The molecule has 1 aromatic carbocycles. The number of likely N-dealkylation sites (tertiary alicyclic amines) is 1. The second-order valence-corrected chi connectivity index (χ2v) is 12.9. The number of unbranched alkanes of at least 4 members (excludes halogenated alkanes) is 4. The van der Waals surface area contributed by atoms with Crippen molar-refractivity contribution in [3.8, 4) is 10.4 Å². The summed E-state index contributed by atoms with van der Waals surface area (Å²) in [6.45, 7) is 9.51. The number of aldehydes is 1. The summed E-state index contributed by atoms with van der Waals surface area (Å²) in [6, 6.07) is 5.98. The number of aryl methyl sites for hydroxylation is 1. The largest absolute Gasteiger partial charge is 0.391 e. The summed E-state index contributed by atoms with van der Waals surface area (Å²) in [4.78, 5) is 57.2. The van der Waals surface area contributed by atoms with Crippen molar-refractivity contribution in [2.75, 3.05) is 6.54 Å². The van der Waals surface area contributed by atoms with E-state index in [9.17, 15) is 24.3 Å². The quantitative estimate of drug-likeness (QED) is 0.238. The Morgan fingerprint density at radius 1 is 1.12 bits per heavy atom. The summed E-state index contributed by atoms with van der Waals surface area (Å²) in [6.07, 6.45) is 4.23. The predicted octanol–water partition coefficient (Wildman–Crippen LogP) is 4.33. The lowest BCUT2D eigenvalue weighted by molar-refractivity contribution is -0.144. The van der Waals surface area contributed by atoms with Crippen LogP contribution in [0.1, 0.15) is 89.9 Å². The molecule has 3 N–H and O–H groups in total. The summed E-state index contributed by atoms with van der Waals surface area (Å²) < 4.78 is 0. The van der Waals surface area contributed by atoms with Gasteiger partial charge in [0.05, 0.1) is 28.2 Å². The maximum absolute atomic E-state index is 13.8. The van der Waals surface area contributed by atoms with E-state index in [-0.39, 0.29) is 43.1 Å². The van der Waals surface area contributed by atoms with Crippen LogP contribution in [0.2, 0.25) is 0 Å². The summed E-state index contributed by atoms with van der Waals surface area (Å²) in [5.41, 5.74) is 4.18. The Labute approximate surface area is 247 Å². The number of aromatic nitrogens is 1. The summed E-state index contributed by atoms with van der Waals surface area (Å²) in [5, 5.41) is 16.4. The number of nitrogens with zero attached hydrogens (tertiary/aromatic N) is 2. The first-order valence-corrected chi connectivity index (χ1v) is 15.3. The molecule has 1 aliphatic rings. The van der Waals surface area contributed by atoms with Gasteiger partial charge in [0.2, 0.25) is 17.7 Å². The Bertz CT molecular complexity index is 1190. The van der Waals surface area contributed by atoms with Crippen molar-refractivity contribution in [1.82, 2.24) is 20.5 Å². The standard InChI is InChI=1S/C31H44N4O5S/c1-20(22-12-14-23(15-13-22)27-21(2)32-19-41-27)33-29(39)25-17-24(37)18-35(25)30(40)28(31(3,4)5)34-26(38)11-9-7-6-8-10-16-36/h12-16,19-20,24-25,28,37H,6-11,17-18H2,1-5H3,(H,33,39)(H,34,38)/t20?,24-,25+,28?/m1/s1. The average molecular weight is 585 g/mol. The lowest BCUT2D eigenvalue weighted by Gasteiger charge is -2.35. The molecule has 0 radical (unpaired) electrons. The maximum atomic E-state index is 13.8. The molecular formula is C31H44N4O5S. The molecule has 4 atom stereocenters. The van der Waals surface area contributed by atoms with Crippen LogP contribution in [0, 0.1) is 12.3 Å². The number of nitrogens with one attached hydrogen (secondary N) is 2. The van der Waals surface area contributed by atoms with Crippen LogP contribution in [0.5, 0.6) is 0 Å². The van der Waals surface area contributed by atoms with Gasteiger partial charge in [-0.25, -0.2) is 4.98 Å². The van der Waals surface area contributed by atoms with E-state index >= 15 is 0 Å². The second-order valence-electron chi connectivity index (χ2n) is 12.0. The van der Waals surface area contributed by atoms with Crippen LogP contribution >= 0.6 is 11.3 Å². The van der Waals surface area contributed by atoms with Crippen molar-refractivity contribution in [2.24, 2.45) is 5.41 Å². The van der Waals surface area contributed by atoms with Crippen molar-refractivity contribution in [3.63, 3.8) is 0 Å². The molecule has 0 bridgehead atoms. The van der Waals surface area contributed by atoms with Crippen molar-refractivity contribution in [2.45, 2.75) is 104 Å². The third-order valence-corrected chi connectivity index (χ3v) is 8.51. The molecular weight excluding hydrogens is 540 g/mol. The minimum absolute atomic E-state index is 0.0351. The molecule has 2 aromatic rings. The van der Waals surface area contributed by atoms with Gasteiger partial charge < -0.3 is 25.4 Å². The van der Waals surface area contributed by atoms with Crippen LogP contribution in [0.4, 0.5) is 0 Å². The topological polar surface area (TPSA) is 129 Å². The molecule has 9 nitrogen and oxygen atoms in total. The maximum Gasteiger partial charge on any atom is 0.246 e. The molecule has 0 aliphatic carbocycles. The Morgan fingerprint density at radius 3 is 2.41 bits per heavy atom. The van der Waals surface area contributed by atoms with Gasteiger partial charge in [-0.2, -0.15) is 0 Å². The van der Waals surface area contributed by atoms with E-state index in [0.717, 1.165) is 47.2 Å². The van der Waals surface area contributed by atoms with Gasteiger partial charge in [-0.15, -0.1) is 11.3 Å². The van der Waals surface area contributed by atoms with Crippen molar-refractivity contribution < 1.29 is 24.3 Å². The molecule has 0 spiro atoms. The molecule has 224 valence electrons. The van der Waals surface area contributed by atoms with Crippen LogP contribution < -0.4 is 10.6 Å². The number of carbonyl (C=O) groups is 4. The number of aliphatic hydroxyl groups excluding tert-OH is 1. The molecule has 1 fully saturated rings. The highest BCUT2D eigenvalue weighted by molar-refractivity contribution is 7.13. The third kappa shape index (κ3) is 8.94. The third-order valence-electron chi connectivity index (χ3n) is 7.54. The monoisotopic (exact) mass is 584 g/mol. The summed E-state index contributed by atoms with van der Waals surface area (Å²) >= 11 is 1.58. The van der Waals surface area contributed by atoms with Gasteiger partial charge in [-0.1, -0.05) is 57.9 Å². The van der Waals surface area contributed by atoms with Gasteiger partial charge in [0.15, 0.2) is 0 Å². The minimum Gasteiger partial charge on any atom is -0.391 e. The fourth-order valence-corrected chi connectivity index (χ4v) is 5.93. The number of rotatable bonds is 13. The van der Waals surface area contributed by atoms with Crippen LogP contribution in [0.3, 0.4) is 0 Å². The Balaban J connectivity index is 1.63. The molecule has 2 unspecified atom stereocenters. The molecule has 1 aromatic heterocycles. The van der Waals surface area contributed by atoms with Gasteiger partial charge in [-0.05, 0) is 43.2 Å². The molecule has 41 heavy (non-hydrogen) atoms. The number of hydrogen-bond acceptors (Lipinski definition) is 7. The number of β-amino-alcohol motifs (C(OH)–C–C–N with tert-alkyl or cyclic N) is 1. The highest BCUT2D eigenvalue weighted by Gasteiger charge is 2.44. The first-order chi connectivity index (χ1) is 19.4. The molecule has 1 aliphatic heterocycles. The Morgan fingerprint density at radius 2 is 1.80 bits per heavy atom. The van der Waals surface area contributed by atoms with Crippen molar-refractivity contribution >= 4 is 35.3 Å². The highest BCUT2D eigenvalue weighted by Crippen LogP contribution is 2.29. The Kier molecular flexibility index (Phi) is 11.6. The smallest absolute Gasteiger partial charge is 0.246 e. The lowest BCUT2D eigenvalue weighted by atomic mass is 9.85. The Hall–Kier alpha value is -3.11. The van der Waals surface area contributed by atoms with E-state index < -0.39 is 23.6 Å². The van der Waals surface area contributed by atoms with Crippen molar-refractivity contribution in [1.29, 1.82) is 0 Å². The molecule has 10 heteroatoms. The van der Waals surface area contributed by atoms with Gasteiger partial charge in [-0.3, -0.25) is 14.4 Å². The van der Waals surface area contributed by atoms with Gasteiger partial charge in [0.1, 0.15) is 18.4 Å². The number of carbonyl (C=O) groups excluding carboxylic acids is 4. The zero-order chi connectivity index (χ0) is 30.2. The first kappa shape index (κ1) is 32.4. The summed E-state index contributed by atoms with van der Waals surface area (Å²) in [5.74, 6) is -0.926. The lowest BCUT2D eigenvalue weighted by Crippen LogP contribution is -2.57. The van der Waals surface area contributed by atoms with E-state index in [2.05, 4.69) is 15.6 Å². The van der Waals surface area contributed by atoms with Crippen LogP contribution in [-0.4, -0.2) is 63.7 Å². The number of benzene rings is 1. The second kappa shape index (κ2) is 14.7. The highest BCUT2D eigenvalue weighted by atomic mass is 32.1. The summed E-state index contributed by atoms with van der Waals surface area (Å²) in [7, 11) is 0. The van der Waals surface area contributed by atoms with Gasteiger partial charge in [0.25, 0.3) is 0 Å². The zero-order valence-corrected chi connectivity index (χ0v) is 25.6.